The van der Waals surface area contributed by atoms with Crippen molar-refractivity contribution in [3.8, 4) is 5.75 Å². The second-order valence-corrected chi connectivity index (χ2v) is 3.84. The van der Waals surface area contributed by atoms with Crippen molar-refractivity contribution in [2.24, 2.45) is 0 Å². The fourth-order valence-electron chi connectivity index (χ4n) is 1.51. The first-order valence-corrected chi connectivity index (χ1v) is 5.18. The van der Waals surface area contributed by atoms with E-state index < -0.39 is 29.7 Å². The number of halogens is 3. The van der Waals surface area contributed by atoms with E-state index in [-0.39, 0.29) is 12.1 Å². The second kappa shape index (κ2) is 5.55. The van der Waals surface area contributed by atoms with Crippen LogP contribution in [0.3, 0.4) is 0 Å². The summed E-state index contributed by atoms with van der Waals surface area (Å²) in [7, 11) is 1.54. The summed E-state index contributed by atoms with van der Waals surface area (Å²) >= 11 is 0. The van der Waals surface area contributed by atoms with E-state index in [0.717, 1.165) is 12.1 Å². The Morgan fingerprint density at radius 3 is 2.39 bits per heavy atom. The minimum Gasteiger partial charge on any atom is -0.507 e. The fraction of sp³-hybridized carbons (Fsp3) is 0.455. The number of aromatic hydroxyl groups is 1. The Hall–Kier alpha value is -1.31. The van der Waals surface area contributed by atoms with E-state index in [2.05, 4.69) is 5.32 Å². The molecule has 4 N–H and O–H groups in total. The first-order valence-electron chi connectivity index (χ1n) is 5.18. The molecule has 4 nitrogen and oxygen atoms in total. The van der Waals surface area contributed by atoms with Gasteiger partial charge < -0.3 is 20.6 Å². The molecule has 0 radical (unpaired) electrons. The van der Waals surface area contributed by atoms with Crippen molar-refractivity contribution in [1.29, 1.82) is 0 Å². The highest BCUT2D eigenvalue weighted by molar-refractivity contribution is 5.39. The second-order valence-electron chi connectivity index (χ2n) is 3.84. The maximum Gasteiger partial charge on any atom is 0.419 e. The normalized spacial score (nSPS) is 15.4. The minimum atomic E-state index is -4.71. The molecular formula is C11H14F3NO3. The van der Waals surface area contributed by atoms with E-state index >= 15 is 0 Å². The van der Waals surface area contributed by atoms with E-state index in [0.29, 0.717) is 6.07 Å². The van der Waals surface area contributed by atoms with Gasteiger partial charge >= 0.3 is 6.18 Å². The molecule has 0 aliphatic heterocycles. The third kappa shape index (κ3) is 3.34. The largest absolute Gasteiger partial charge is 0.507 e. The van der Waals surface area contributed by atoms with Gasteiger partial charge in [0.2, 0.25) is 0 Å². The van der Waals surface area contributed by atoms with Crippen molar-refractivity contribution in [2.45, 2.75) is 18.4 Å². The van der Waals surface area contributed by atoms with Crippen LogP contribution in [0, 0.1) is 0 Å². The van der Waals surface area contributed by atoms with Crippen LogP contribution in [0.2, 0.25) is 0 Å². The van der Waals surface area contributed by atoms with Crippen LogP contribution in [0.5, 0.6) is 5.75 Å². The number of benzene rings is 1. The Labute approximate surface area is 102 Å². The van der Waals surface area contributed by atoms with Crippen molar-refractivity contribution in [1.82, 2.24) is 5.32 Å². The van der Waals surface area contributed by atoms with Crippen LogP contribution in [0.25, 0.3) is 0 Å². The average Bonchev–Trinajstić information content (AvgIpc) is 2.27. The molecule has 0 aliphatic rings. The van der Waals surface area contributed by atoms with Crippen LogP contribution in [0.4, 0.5) is 13.2 Å². The standard InChI is InChI=1S/C11H14F3NO3/c1-15-5-9(17)10(18)6-2-3-8(16)7(4-6)11(12,13)14/h2-4,9-10,15-18H,5H2,1H3. The molecule has 0 fully saturated rings. The predicted molar refractivity (Wildman–Crippen MR) is 58.0 cm³/mol. The average molecular weight is 265 g/mol. The van der Waals surface area contributed by atoms with Gasteiger partial charge in [-0.05, 0) is 24.7 Å². The lowest BCUT2D eigenvalue weighted by Crippen LogP contribution is -2.29. The number of rotatable bonds is 4. The molecule has 0 spiro atoms. The van der Waals surface area contributed by atoms with Crippen molar-refractivity contribution in [2.75, 3.05) is 13.6 Å². The summed E-state index contributed by atoms with van der Waals surface area (Å²) in [5.41, 5.74) is -1.35. The molecule has 0 saturated carbocycles. The lowest BCUT2D eigenvalue weighted by molar-refractivity contribution is -0.138. The first-order chi connectivity index (χ1) is 8.27. The number of phenolic OH excluding ortho intramolecular Hbond substituents is 1. The Balaban J connectivity index is 3.05. The lowest BCUT2D eigenvalue weighted by atomic mass is 10.0. The van der Waals surface area contributed by atoms with E-state index in [1.54, 1.807) is 0 Å². The topological polar surface area (TPSA) is 72.7 Å². The zero-order valence-corrected chi connectivity index (χ0v) is 9.57. The molecule has 0 heterocycles. The summed E-state index contributed by atoms with van der Waals surface area (Å²) in [6.45, 7) is 0.0311. The number of nitrogens with one attached hydrogen (secondary N) is 1. The molecule has 1 rings (SSSR count). The summed E-state index contributed by atoms with van der Waals surface area (Å²) in [6, 6.07) is 2.60. The van der Waals surface area contributed by atoms with Crippen molar-refractivity contribution in [3.63, 3.8) is 0 Å². The fourth-order valence-corrected chi connectivity index (χ4v) is 1.51. The number of aliphatic hydroxyl groups excluding tert-OH is 2. The number of hydrogen-bond donors (Lipinski definition) is 4. The zero-order valence-electron chi connectivity index (χ0n) is 9.57. The molecule has 2 unspecified atom stereocenters. The van der Waals surface area contributed by atoms with Gasteiger partial charge in [0.1, 0.15) is 11.9 Å². The number of phenols is 1. The summed E-state index contributed by atoms with van der Waals surface area (Å²) in [4.78, 5) is 0. The molecule has 0 amide bonds. The Kier molecular flexibility index (Phi) is 4.55. The summed E-state index contributed by atoms with van der Waals surface area (Å²) in [6.07, 6.45) is -7.41. The van der Waals surface area contributed by atoms with Crippen molar-refractivity contribution >= 4 is 0 Å². The third-order valence-electron chi connectivity index (χ3n) is 2.45. The molecule has 2 atom stereocenters. The van der Waals surface area contributed by atoms with Crippen molar-refractivity contribution in [3.05, 3.63) is 29.3 Å². The van der Waals surface area contributed by atoms with Crippen LogP contribution >= 0.6 is 0 Å². The monoisotopic (exact) mass is 265 g/mol. The van der Waals surface area contributed by atoms with Gasteiger partial charge in [-0.25, -0.2) is 0 Å². The number of aliphatic hydroxyl groups is 2. The molecule has 0 aromatic heterocycles. The quantitative estimate of drug-likeness (QED) is 0.656. The van der Waals surface area contributed by atoms with Gasteiger partial charge in [-0.2, -0.15) is 13.2 Å². The molecule has 7 heteroatoms. The summed E-state index contributed by atoms with van der Waals surface area (Å²) in [5, 5.41) is 30.9. The Morgan fingerprint density at radius 1 is 1.28 bits per heavy atom. The van der Waals surface area contributed by atoms with E-state index in [9.17, 15) is 23.4 Å². The molecule has 18 heavy (non-hydrogen) atoms. The first kappa shape index (κ1) is 14.7. The van der Waals surface area contributed by atoms with Crippen LogP contribution in [0.15, 0.2) is 18.2 Å². The summed E-state index contributed by atoms with van der Waals surface area (Å²) in [5.74, 6) is -0.915. The highest BCUT2D eigenvalue weighted by Gasteiger charge is 2.34. The Bertz CT molecular complexity index is 409. The minimum absolute atomic E-state index is 0.0311. The number of hydrogen-bond acceptors (Lipinski definition) is 4. The van der Waals surface area contributed by atoms with Crippen LogP contribution < -0.4 is 5.32 Å². The summed E-state index contributed by atoms with van der Waals surface area (Å²) < 4.78 is 37.6. The van der Waals surface area contributed by atoms with Gasteiger partial charge in [0, 0.05) is 6.54 Å². The maximum absolute atomic E-state index is 12.5. The van der Waals surface area contributed by atoms with Crippen molar-refractivity contribution < 1.29 is 28.5 Å². The lowest BCUT2D eigenvalue weighted by Gasteiger charge is -2.19. The molecule has 0 aliphatic carbocycles. The maximum atomic E-state index is 12.5. The number of alkyl halides is 3. The van der Waals surface area contributed by atoms with E-state index in [4.69, 9.17) is 5.11 Å². The predicted octanol–water partition coefficient (Wildman–Crippen LogP) is 1.02. The SMILES string of the molecule is CNCC(O)C(O)c1ccc(O)c(C(F)(F)F)c1. The Morgan fingerprint density at radius 2 is 1.89 bits per heavy atom. The highest BCUT2D eigenvalue weighted by atomic mass is 19.4. The molecule has 1 aromatic carbocycles. The van der Waals surface area contributed by atoms with Gasteiger partial charge in [0.25, 0.3) is 0 Å². The third-order valence-corrected chi connectivity index (χ3v) is 2.45. The highest BCUT2D eigenvalue weighted by Crippen LogP contribution is 2.37. The van der Waals surface area contributed by atoms with Gasteiger partial charge in [-0.3, -0.25) is 0 Å². The van der Waals surface area contributed by atoms with Gasteiger partial charge in [0.05, 0.1) is 11.7 Å². The van der Waals surface area contributed by atoms with Crippen LogP contribution in [-0.2, 0) is 6.18 Å². The molecule has 102 valence electrons. The zero-order chi connectivity index (χ0) is 13.9. The van der Waals surface area contributed by atoms with Crippen LogP contribution in [-0.4, -0.2) is 35.0 Å². The number of likely N-dealkylation sites (N-methyl/N-ethyl adjacent to an activating group) is 1. The molecule has 1 aromatic rings. The molecular weight excluding hydrogens is 251 g/mol. The smallest absolute Gasteiger partial charge is 0.419 e. The molecule has 0 saturated heterocycles. The van der Waals surface area contributed by atoms with Gasteiger partial charge in [0.15, 0.2) is 0 Å². The van der Waals surface area contributed by atoms with Crippen LogP contribution in [0.1, 0.15) is 17.2 Å². The molecule has 0 bridgehead atoms. The van der Waals surface area contributed by atoms with E-state index in [1.807, 2.05) is 0 Å². The van der Waals surface area contributed by atoms with Gasteiger partial charge in [-0.15, -0.1) is 0 Å². The van der Waals surface area contributed by atoms with Gasteiger partial charge in [-0.1, -0.05) is 6.07 Å². The van der Waals surface area contributed by atoms with E-state index in [1.165, 1.54) is 7.05 Å².